The molecule has 1 saturated heterocycles. The van der Waals surface area contributed by atoms with Gasteiger partial charge in [0.1, 0.15) is 0 Å². The van der Waals surface area contributed by atoms with E-state index in [-0.39, 0.29) is 5.91 Å². The van der Waals surface area contributed by atoms with E-state index in [9.17, 15) is 4.79 Å². The summed E-state index contributed by atoms with van der Waals surface area (Å²) in [5, 5.41) is 6.24. The molecule has 1 aliphatic heterocycles. The molecule has 94 valence electrons. The second-order valence-corrected chi connectivity index (χ2v) is 3.95. The Labute approximate surface area is 96.9 Å². The molecule has 1 amide bonds. The van der Waals surface area contributed by atoms with Gasteiger partial charge in [-0.2, -0.15) is 0 Å². The number of ether oxygens (including phenoxy) is 2. The van der Waals surface area contributed by atoms with Crippen LogP contribution in [0.15, 0.2) is 0 Å². The SMILES string of the molecule is COCCOCCC(=O)NCC1CCCN1. The number of nitrogens with one attached hydrogen (secondary N) is 2. The van der Waals surface area contributed by atoms with E-state index in [1.807, 2.05) is 0 Å². The third-order valence-corrected chi connectivity index (χ3v) is 2.61. The minimum Gasteiger partial charge on any atom is -0.382 e. The molecular weight excluding hydrogens is 208 g/mol. The summed E-state index contributed by atoms with van der Waals surface area (Å²) in [6.07, 6.45) is 2.79. The van der Waals surface area contributed by atoms with Crippen LogP contribution in [0.2, 0.25) is 0 Å². The number of hydrogen-bond acceptors (Lipinski definition) is 4. The van der Waals surface area contributed by atoms with Gasteiger partial charge in [-0.25, -0.2) is 0 Å². The Morgan fingerprint density at radius 1 is 1.44 bits per heavy atom. The minimum atomic E-state index is 0.0612. The molecule has 0 aromatic rings. The Hall–Kier alpha value is -0.650. The highest BCUT2D eigenvalue weighted by molar-refractivity contribution is 5.75. The van der Waals surface area contributed by atoms with E-state index < -0.39 is 0 Å². The predicted molar refractivity (Wildman–Crippen MR) is 61.3 cm³/mol. The monoisotopic (exact) mass is 230 g/mol. The molecule has 5 heteroatoms. The Morgan fingerprint density at radius 3 is 3.00 bits per heavy atom. The maximum Gasteiger partial charge on any atom is 0.222 e. The van der Waals surface area contributed by atoms with E-state index in [0.717, 1.165) is 19.5 Å². The Balaban J connectivity index is 1.90. The van der Waals surface area contributed by atoms with Crippen LogP contribution in [-0.2, 0) is 14.3 Å². The maximum absolute atomic E-state index is 11.4. The molecule has 5 nitrogen and oxygen atoms in total. The summed E-state index contributed by atoms with van der Waals surface area (Å²) in [6, 6.07) is 0.457. The Bertz CT molecular complexity index is 194. The minimum absolute atomic E-state index is 0.0612. The summed E-state index contributed by atoms with van der Waals surface area (Å²) in [7, 11) is 1.63. The third-order valence-electron chi connectivity index (χ3n) is 2.61. The number of carbonyl (C=O) groups excluding carboxylic acids is 1. The maximum atomic E-state index is 11.4. The van der Waals surface area contributed by atoms with Crippen LogP contribution in [0.25, 0.3) is 0 Å². The van der Waals surface area contributed by atoms with Crippen molar-refractivity contribution < 1.29 is 14.3 Å². The molecule has 1 rings (SSSR count). The third kappa shape index (κ3) is 6.05. The zero-order valence-electron chi connectivity index (χ0n) is 9.96. The van der Waals surface area contributed by atoms with Crippen LogP contribution >= 0.6 is 0 Å². The lowest BCUT2D eigenvalue weighted by Crippen LogP contribution is -2.37. The van der Waals surface area contributed by atoms with E-state index in [0.29, 0.717) is 32.3 Å². The van der Waals surface area contributed by atoms with Crippen molar-refractivity contribution in [1.29, 1.82) is 0 Å². The molecule has 1 atom stereocenters. The normalized spacial score (nSPS) is 19.9. The zero-order chi connectivity index (χ0) is 11.6. The molecule has 1 aliphatic rings. The van der Waals surface area contributed by atoms with Crippen molar-refractivity contribution in [2.24, 2.45) is 0 Å². The van der Waals surface area contributed by atoms with E-state index in [4.69, 9.17) is 9.47 Å². The highest BCUT2D eigenvalue weighted by atomic mass is 16.5. The van der Waals surface area contributed by atoms with Gasteiger partial charge in [0.15, 0.2) is 0 Å². The van der Waals surface area contributed by atoms with Crippen molar-refractivity contribution in [1.82, 2.24) is 10.6 Å². The van der Waals surface area contributed by atoms with Crippen LogP contribution in [0.4, 0.5) is 0 Å². The molecular formula is C11H22N2O3. The topological polar surface area (TPSA) is 59.6 Å². The zero-order valence-corrected chi connectivity index (χ0v) is 9.96. The molecule has 0 aromatic heterocycles. The lowest BCUT2D eigenvalue weighted by Gasteiger charge is -2.11. The molecule has 0 saturated carbocycles. The molecule has 1 unspecified atom stereocenters. The summed E-state index contributed by atoms with van der Waals surface area (Å²) in [4.78, 5) is 11.4. The lowest BCUT2D eigenvalue weighted by molar-refractivity contribution is -0.122. The highest BCUT2D eigenvalue weighted by Crippen LogP contribution is 2.02. The first-order chi connectivity index (χ1) is 7.83. The van der Waals surface area contributed by atoms with Crippen molar-refractivity contribution in [3.05, 3.63) is 0 Å². The smallest absolute Gasteiger partial charge is 0.222 e. The van der Waals surface area contributed by atoms with Crippen LogP contribution in [-0.4, -0.2) is 52.0 Å². The van der Waals surface area contributed by atoms with Crippen molar-refractivity contribution >= 4 is 5.91 Å². The molecule has 16 heavy (non-hydrogen) atoms. The molecule has 0 bridgehead atoms. The van der Waals surface area contributed by atoms with Gasteiger partial charge in [0.05, 0.1) is 19.8 Å². The first-order valence-electron chi connectivity index (χ1n) is 5.89. The number of carbonyl (C=O) groups is 1. The second-order valence-electron chi connectivity index (χ2n) is 3.95. The first-order valence-corrected chi connectivity index (χ1v) is 5.89. The molecule has 0 aliphatic carbocycles. The van der Waals surface area contributed by atoms with Crippen molar-refractivity contribution in [2.75, 3.05) is 40.0 Å². The van der Waals surface area contributed by atoms with E-state index >= 15 is 0 Å². The van der Waals surface area contributed by atoms with Gasteiger partial charge < -0.3 is 20.1 Å². The van der Waals surface area contributed by atoms with Gasteiger partial charge in [-0.3, -0.25) is 4.79 Å². The first kappa shape index (κ1) is 13.4. The fourth-order valence-electron chi connectivity index (χ4n) is 1.67. The summed E-state index contributed by atoms with van der Waals surface area (Å²) in [5.41, 5.74) is 0. The Morgan fingerprint density at radius 2 is 2.31 bits per heavy atom. The Kier molecular flexibility index (Phi) is 7.12. The van der Waals surface area contributed by atoms with Gasteiger partial charge in [-0.1, -0.05) is 0 Å². The highest BCUT2D eigenvalue weighted by Gasteiger charge is 2.14. The number of rotatable bonds is 8. The van der Waals surface area contributed by atoms with Crippen LogP contribution < -0.4 is 10.6 Å². The van der Waals surface area contributed by atoms with E-state index in [1.54, 1.807) is 7.11 Å². The average molecular weight is 230 g/mol. The summed E-state index contributed by atoms with van der Waals surface area (Å²) < 4.78 is 10.0. The fraction of sp³-hybridized carbons (Fsp3) is 0.909. The molecule has 1 heterocycles. The average Bonchev–Trinajstić information content (AvgIpc) is 2.79. The van der Waals surface area contributed by atoms with E-state index in [1.165, 1.54) is 6.42 Å². The van der Waals surface area contributed by atoms with Crippen LogP contribution in [0, 0.1) is 0 Å². The summed E-state index contributed by atoms with van der Waals surface area (Å²) >= 11 is 0. The van der Waals surface area contributed by atoms with Crippen molar-refractivity contribution in [2.45, 2.75) is 25.3 Å². The van der Waals surface area contributed by atoms with Gasteiger partial charge in [0.2, 0.25) is 5.91 Å². The fourth-order valence-corrected chi connectivity index (χ4v) is 1.67. The molecule has 0 aromatic carbocycles. The van der Waals surface area contributed by atoms with Crippen LogP contribution in [0.3, 0.4) is 0 Å². The van der Waals surface area contributed by atoms with Gasteiger partial charge >= 0.3 is 0 Å². The number of amides is 1. The van der Waals surface area contributed by atoms with Gasteiger partial charge in [0, 0.05) is 26.1 Å². The van der Waals surface area contributed by atoms with Crippen molar-refractivity contribution in [3.8, 4) is 0 Å². The lowest BCUT2D eigenvalue weighted by atomic mass is 10.2. The molecule has 0 radical (unpaired) electrons. The standard InChI is InChI=1S/C11H22N2O3/c1-15-7-8-16-6-4-11(14)13-9-10-3-2-5-12-10/h10,12H,2-9H2,1H3,(H,13,14). The molecule has 1 fully saturated rings. The molecule has 0 spiro atoms. The quantitative estimate of drug-likeness (QED) is 0.572. The molecule has 2 N–H and O–H groups in total. The number of hydrogen-bond donors (Lipinski definition) is 2. The van der Waals surface area contributed by atoms with Gasteiger partial charge in [-0.15, -0.1) is 0 Å². The second kappa shape index (κ2) is 8.50. The number of methoxy groups -OCH3 is 1. The van der Waals surface area contributed by atoms with Gasteiger partial charge in [0.25, 0.3) is 0 Å². The van der Waals surface area contributed by atoms with Crippen molar-refractivity contribution in [3.63, 3.8) is 0 Å². The van der Waals surface area contributed by atoms with Gasteiger partial charge in [-0.05, 0) is 19.4 Å². The summed E-state index contributed by atoms with van der Waals surface area (Å²) in [5.74, 6) is 0.0612. The summed E-state index contributed by atoms with van der Waals surface area (Å²) in [6.45, 7) is 3.40. The van der Waals surface area contributed by atoms with Crippen LogP contribution in [0.1, 0.15) is 19.3 Å². The van der Waals surface area contributed by atoms with Crippen LogP contribution in [0.5, 0.6) is 0 Å². The van der Waals surface area contributed by atoms with E-state index in [2.05, 4.69) is 10.6 Å². The largest absolute Gasteiger partial charge is 0.382 e. The predicted octanol–water partition coefficient (Wildman–Crippen LogP) is -0.0923.